The van der Waals surface area contributed by atoms with Crippen LogP contribution in [0.5, 0.6) is 0 Å². The molecule has 0 amide bonds. The summed E-state index contributed by atoms with van der Waals surface area (Å²) in [6.45, 7) is 3.85. The first-order chi connectivity index (χ1) is 11.0. The average molecular weight is 360 g/mol. The van der Waals surface area contributed by atoms with Crippen LogP contribution >= 0.6 is 23.2 Å². The van der Waals surface area contributed by atoms with Gasteiger partial charge in [0.25, 0.3) is 0 Å². The standard InChI is InChI=1S/C16H23Cl2N3O2/c1-11(13-4-3-12(17)9-14(13)18)21-15(19)20-10-16(22-2)5-7-23-8-6-16/h3-4,9,11H,5-8,10H2,1-2H3,(H3,19,20,21). The number of aliphatic imine (C=N–C) groups is 1. The number of hydrogen-bond donors (Lipinski definition) is 2. The molecule has 1 aromatic carbocycles. The van der Waals surface area contributed by atoms with Crippen LogP contribution in [0.15, 0.2) is 23.2 Å². The number of hydrogen-bond acceptors (Lipinski definition) is 3. The Hall–Kier alpha value is -1.01. The SMILES string of the molecule is COC1(CN=C(N)NC(C)c2ccc(Cl)cc2Cl)CCOCC1. The molecule has 1 saturated heterocycles. The third kappa shape index (κ3) is 4.98. The first-order valence-electron chi connectivity index (χ1n) is 7.60. The topological polar surface area (TPSA) is 68.9 Å². The lowest BCUT2D eigenvalue weighted by molar-refractivity contribution is -0.0828. The van der Waals surface area contributed by atoms with Gasteiger partial charge >= 0.3 is 0 Å². The van der Waals surface area contributed by atoms with Gasteiger partial charge in [0.15, 0.2) is 5.96 Å². The summed E-state index contributed by atoms with van der Waals surface area (Å²) < 4.78 is 11.0. The molecule has 3 N–H and O–H groups in total. The zero-order valence-electron chi connectivity index (χ0n) is 13.4. The molecule has 0 bridgehead atoms. The van der Waals surface area contributed by atoms with Crippen molar-refractivity contribution in [1.82, 2.24) is 5.32 Å². The Labute approximate surface area is 147 Å². The minimum absolute atomic E-state index is 0.0725. The lowest BCUT2D eigenvalue weighted by Crippen LogP contribution is -2.43. The zero-order chi connectivity index (χ0) is 16.9. The molecule has 2 rings (SSSR count). The van der Waals surface area contributed by atoms with Crippen LogP contribution in [0.1, 0.15) is 31.4 Å². The molecule has 1 fully saturated rings. The van der Waals surface area contributed by atoms with Crippen LogP contribution < -0.4 is 11.1 Å². The molecule has 0 aromatic heterocycles. The van der Waals surface area contributed by atoms with Crippen molar-refractivity contribution in [2.45, 2.75) is 31.4 Å². The fraction of sp³-hybridized carbons (Fsp3) is 0.562. The second kappa shape index (κ2) is 8.20. The Morgan fingerprint density at radius 2 is 2.13 bits per heavy atom. The normalized spacial score (nSPS) is 19.4. The van der Waals surface area contributed by atoms with E-state index in [4.69, 9.17) is 38.4 Å². The fourth-order valence-electron chi connectivity index (χ4n) is 2.60. The highest BCUT2D eigenvalue weighted by atomic mass is 35.5. The molecule has 128 valence electrons. The van der Waals surface area contributed by atoms with Crippen LogP contribution in [0.4, 0.5) is 0 Å². The molecule has 1 unspecified atom stereocenters. The van der Waals surface area contributed by atoms with Crippen molar-refractivity contribution in [3.05, 3.63) is 33.8 Å². The van der Waals surface area contributed by atoms with Crippen molar-refractivity contribution in [2.24, 2.45) is 10.7 Å². The van der Waals surface area contributed by atoms with E-state index in [9.17, 15) is 0 Å². The van der Waals surface area contributed by atoms with Crippen LogP contribution in [0.25, 0.3) is 0 Å². The van der Waals surface area contributed by atoms with Gasteiger partial charge in [-0.1, -0.05) is 29.3 Å². The highest BCUT2D eigenvalue weighted by Gasteiger charge is 2.32. The molecule has 0 radical (unpaired) electrons. The van der Waals surface area contributed by atoms with Crippen molar-refractivity contribution >= 4 is 29.2 Å². The Morgan fingerprint density at radius 1 is 1.43 bits per heavy atom. The Bertz CT molecular complexity index is 560. The number of nitrogens with one attached hydrogen (secondary N) is 1. The number of ether oxygens (including phenoxy) is 2. The van der Waals surface area contributed by atoms with E-state index < -0.39 is 0 Å². The van der Waals surface area contributed by atoms with Crippen LogP contribution in [-0.4, -0.2) is 38.4 Å². The largest absolute Gasteiger partial charge is 0.381 e. The number of rotatable bonds is 5. The van der Waals surface area contributed by atoms with E-state index in [0.29, 0.717) is 35.8 Å². The summed E-state index contributed by atoms with van der Waals surface area (Å²) in [7, 11) is 1.71. The van der Waals surface area contributed by atoms with Crippen LogP contribution in [0, 0.1) is 0 Å². The Morgan fingerprint density at radius 3 is 2.74 bits per heavy atom. The lowest BCUT2D eigenvalue weighted by atomic mass is 9.94. The van der Waals surface area contributed by atoms with E-state index in [-0.39, 0.29) is 11.6 Å². The van der Waals surface area contributed by atoms with Gasteiger partial charge in [0.05, 0.1) is 18.2 Å². The van der Waals surface area contributed by atoms with E-state index in [1.54, 1.807) is 19.2 Å². The van der Waals surface area contributed by atoms with Gasteiger partial charge in [0, 0.05) is 43.2 Å². The second-order valence-corrected chi connectivity index (χ2v) is 6.58. The number of benzene rings is 1. The van der Waals surface area contributed by atoms with Gasteiger partial charge in [0.2, 0.25) is 0 Å². The van der Waals surface area contributed by atoms with E-state index in [1.807, 2.05) is 13.0 Å². The summed E-state index contributed by atoms with van der Waals surface area (Å²) in [4.78, 5) is 4.44. The second-order valence-electron chi connectivity index (χ2n) is 5.73. The third-order valence-corrected chi connectivity index (χ3v) is 4.73. The number of methoxy groups -OCH3 is 1. The summed E-state index contributed by atoms with van der Waals surface area (Å²) in [6, 6.07) is 5.32. The quantitative estimate of drug-likeness (QED) is 0.625. The van der Waals surface area contributed by atoms with Gasteiger partial charge in [-0.15, -0.1) is 0 Å². The van der Waals surface area contributed by atoms with Crippen molar-refractivity contribution in [2.75, 3.05) is 26.9 Å². The Kier molecular flexibility index (Phi) is 6.53. The minimum atomic E-state index is -0.286. The first kappa shape index (κ1) is 18.3. The van der Waals surface area contributed by atoms with E-state index in [1.165, 1.54) is 0 Å². The van der Waals surface area contributed by atoms with Gasteiger partial charge in [0.1, 0.15) is 0 Å². The molecule has 1 aliphatic heterocycles. The molecular formula is C16H23Cl2N3O2. The number of halogens is 2. The first-order valence-corrected chi connectivity index (χ1v) is 8.36. The highest BCUT2D eigenvalue weighted by Crippen LogP contribution is 2.26. The molecule has 0 spiro atoms. The highest BCUT2D eigenvalue weighted by molar-refractivity contribution is 6.35. The summed E-state index contributed by atoms with van der Waals surface area (Å²) in [5.41, 5.74) is 6.64. The summed E-state index contributed by atoms with van der Waals surface area (Å²) in [5, 5.41) is 4.36. The average Bonchev–Trinajstić information content (AvgIpc) is 2.53. The smallest absolute Gasteiger partial charge is 0.189 e. The van der Waals surface area contributed by atoms with Gasteiger partial charge in [-0.2, -0.15) is 0 Å². The molecule has 0 saturated carbocycles. The van der Waals surface area contributed by atoms with Crippen molar-refractivity contribution in [3.8, 4) is 0 Å². The predicted octanol–water partition coefficient (Wildman–Crippen LogP) is 3.15. The maximum absolute atomic E-state index is 6.21. The molecule has 1 atom stereocenters. The minimum Gasteiger partial charge on any atom is -0.381 e. The molecule has 5 nitrogen and oxygen atoms in total. The summed E-state index contributed by atoms with van der Waals surface area (Å²) in [5.74, 6) is 0.367. The molecule has 0 aliphatic carbocycles. The number of nitrogens with zero attached hydrogens (tertiary/aromatic N) is 1. The summed E-state index contributed by atoms with van der Waals surface area (Å²) >= 11 is 12.1. The van der Waals surface area contributed by atoms with E-state index >= 15 is 0 Å². The summed E-state index contributed by atoms with van der Waals surface area (Å²) in [6.07, 6.45) is 1.64. The molecular weight excluding hydrogens is 337 g/mol. The molecule has 7 heteroatoms. The fourth-order valence-corrected chi connectivity index (χ4v) is 3.17. The van der Waals surface area contributed by atoms with Crippen LogP contribution in [-0.2, 0) is 9.47 Å². The predicted molar refractivity (Wildman–Crippen MR) is 94.3 cm³/mol. The molecule has 1 aliphatic rings. The number of nitrogens with two attached hydrogens (primary N) is 1. The van der Waals surface area contributed by atoms with Crippen LogP contribution in [0.2, 0.25) is 10.0 Å². The molecule has 1 aromatic rings. The maximum Gasteiger partial charge on any atom is 0.189 e. The molecule has 1 heterocycles. The maximum atomic E-state index is 6.21. The van der Waals surface area contributed by atoms with E-state index in [2.05, 4.69) is 10.3 Å². The number of guanidine groups is 1. The van der Waals surface area contributed by atoms with Crippen LogP contribution in [0.3, 0.4) is 0 Å². The molecule has 23 heavy (non-hydrogen) atoms. The van der Waals surface area contributed by atoms with Gasteiger partial charge in [-0.3, -0.25) is 4.99 Å². The zero-order valence-corrected chi connectivity index (χ0v) is 15.0. The van der Waals surface area contributed by atoms with E-state index in [0.717, 1.165) is 18.4 Å². The van der Waals surface area contributed by atoms with Crippen molar-refractivity contribution < 1.29 is 9.47 Å². The van der Waals surface area contributed by atoms with Gasteiger partial charge in [-0.25, -0.2) is 0 Å². The Balaban J connectivity index is 1.98. The van der Waals surface area contributed by atoms with Crippen molar-refractivity contribution in [3.63, 3.8) is 0 Å². The monoisotopic (exact) mass is 359 g/mol. The van der Waals surface area contributed by atoms with Crippen molar-refractivity contribution in [1.29, 1.82) is 0 Å². The van der Waals surface area contributed by atoms with Gasteiger partial charge < -0.3 is 20.5 Å². The van der Waals surface area contributed by atoms with Gasteiger partial charge in [-0.05, 0) is 24.6 Å². The third-order valence-electron chi connectivity index (χ3n) is 4.17. The lowest BCUT2D eigenvalue weighted by Gasteiger charge is -2.34.